The predicted octanol–water partition coefficient (Wildman–Crippen LogP) is 6.11. The summed E-state index contributed by atoms with van der Waals surface area (Å²) in [4.78, 5) is 10.7. The molecule has 0 spiro atoms. The standard InChI is InChI=1S/C25H22F3N3O2S2/c1-3-31(4-2)25-30-23(24(34-25)16-10-12-29-13-11-16)19-7-5-6-17(22(19)28)15-35(32,33)21-14-18(26)8-9-20(21)27/h5-14H,3-4,15H2,1-2H3. The molecular formula is C25H22F3N3O2S2. The number of sulfone groups is 1. The highest BCUT2D eigenvalue weighted by Crippen LogP contribution is 2.41. The maximum absolute atomic E-state index is 15.8. The molecule has 0 aliphatic rings. The van der Waals surface area contributed by atoms with Gasteiger partial charge >= 0.3 is 0 Å². The second-order valence-corrected chi connectivity index (χ2v) is 10.6. The first-order valence-corrected chi connectivity index (χ1v) is 13.3. The van der Waals surface area contributed by atoms with Crippen molar-refractivity contribution in [2.24, 2.45) is 0 Å². The van der Waals surface area contributed by atoms with E-state index in [9.17, 15) is 17.2 Å². The number of rotatable bonds is 8. The molecule has 0 unspecified atom stereocenters. The van der Waals surface area contributed by atoms with E-state index in [-0.39, 0.29) is 11.1 Å². The molecule has 0 amide bonds. The number of anilines is 1. The molecular weight excluding hydrogens is 495 g/mol. The van der Waals surface area contributed by atoms with Gasteiger partial charge in [0.15, 0.2) is 15.0 Å². The summed E-state index contributed by atoms with van der Waals surface area (Å²) >= 11 is 1.40. The van der Waals surface area contributed by atoms with E-state index in [1.54, 1.807) is 24.5 Å². The van der Waals surface area contributed by atoms with Crippen molar-refractivity contribution in [3.8, 4) is 21.7 Å². The van der Waals surface area contributed by atoms with Crippen LogP contribution in [0.4, 0.5) is 18.3 Å². The summed E-state index contributed by atoms with van der Waals surface area (Å²) < 4.78 is 69.2. The minimum atomic E-state index is -4.36. The molecule has 2 aromatic heterocycles. The Morgan fingerprint density at radius 1 is 0.971 bits per heavy atom. The van der Waals surface area contributed by atoms with Gasteiger partial charge in [0, 0.05) is 36.6 Å². The van der Waals surface area contributed by atoms with Crippen LogP contribution >= 0.6 is 11.3 Å². The lowest BCUT2D eigenvalue weighted by molar-refractivity contribution is 0.551. The van der Waals surface area contributed by atoms with E-state index in [0.29, 0.717) is 34.9 Å². The van der Waals surface area contributed by atoms with Gasteiger partial charge in [0.1, 0.15) is 22.3 Å². The van der Waals surface area contributed by atoms with E-state index in [1.165, 1.54) is 29.5 Å². The van der Waals surface area contributed by atoms with Crippen LogP contribution in [0.15, 0.2) is 65.8 Å². The van der Waals surface area contributed by atoms with Crippen molar-refractivity contribution in [3.05, 3.63) is 83.9 Å². The molecule has 0 fully saturated rings. The first-order chi connectivity index (χ1) is 16.7. The van der Waals surface area contributed by atoms with Gasteiger partial charge in [0.25, 0.3) is 0 Å². The number of pyridine rings is 1. The molecule has 182 valence electrons. The molecule has 2 heterocycles. The van der Waals surface area contributed by atoms with Gasteiger partial charge in [0.2, 0.25) is 0 Å². The molecule has 2 aromatic carbocycles. The summed E-state index contributed by atoms with van der Waals surface area (Å²) in [7, 11) is -4.36. The van der Waals surface area contributed by atoms with Crippen LogP contribution in [0.2, 0.25) is 0 Å². The Morgan fingerprint density at radius 2 is 1.69 bits per heavy atom. The van der Waals surface area contributed by atoms with Crippen LogP contribution < -0.4 is 4.90 Å². The molecule has 0 saturated carbocycles. The highest BCUT2D eigenvalue weighted by molar-refractivity contribution is 7.90. The van der Waals surface area contributed by atoms with Crippen LogP contribution in [0.1, 0.15) is 19.4 Å². The van der Waals surface area contributed by atoms with Gasteiger partial charge in [0.05, 0.1) is 16.3 Å². The SMILES string of the molecule is CCN(CC)c1nc(-c2cccc(CS(=O)(=O)c3cc(F)ccc3F)c2F)c(-c2ccncc2)s1. The van der Waals surface area contributed by atoms with Crippen molar-refractivity contribution in [1.29, 1.82) is 0 Å². The van der Waals surface area contributed by atoms with Crippen LogP contribution in [0.25, 0.3) is 21.7 Å². The molecule has 0 aliphatic carbocycles. The smallest absolute Gasteiger partial charge is 0.186 e. The van der Waals surface area contributed by atoms with Crippen LogP contribution in [-0.4, -0.2) is 31.5 Å². The summed E-state index contributed by atoms with van der Waals surface area (Å²) in [6, 6.07) is 10.1. The minimum absolute atomic E-state index is 0.124. The molecule has 35 heavy (non-hydrogen) atoms. The summed E-state index contributed by atoms with van der Waals surface area (Å²) in [5.41, 5.74) is 1.13. The van der Waals surface area contributed by atoms with Crippen molar-refractivity contribution in [1.82, 2.24) is 9.97 Å². The molecule has 0 saturated heterocycles. The largest absolute Gasteiger partial charge is 0.349 e. The first kappa shape index (κ1) is 24.9. The molecule has 4 rings (SSSR count). The molecule has 0 bridgehead atoms. The van der Waals surface area contributed by atoms with Crippen molar-refractivity contribution in [2.75, 3.05) is 18.0 Å². The molecule has 0 aliphatic heterocycles. The van der Waals surface area contributed by atoms with E-state index in [0.717, 1.165) is 17.7 Å². The second kappa shape index (κ2) is 10.2. The highest BCUT2D eigenvalue weighted by Gasteiger charge is 2.25. The fraction of sp³-hybridized carbons (Fsp3) is 0.200. The van der Waals surface area contributed by atoms with E-state index < -0.39 is 37.9 Å². The van der Waals surface area contributed by atoms with Crippen LogP contribution in [-0.2, 0) is 15.6 Å². The van der Waals surface area contributed by atoms with Crippen molar-refractivity contribution in [3.63, 3.8) is 0 Å². The highest BCUT2D eigenvalue weighted by atomic mass is 32.2. The summed E-state index contributed by atoms with van der Waals surface area (Å²) in [6.45, 7) is 5.40. The third-order valence-corrected chi connectivity index (χ3v) is 8.34. The molecule has 10 heteroatoms. The number of nitrogens with zero attached hydrogens (tertiary/aromatic N) is 3. The molecule has 0 radical (unpaired) electrons. The van der Waals surface area contributed by atoms with Gasteiger partial charge in [-0.25, -0.2) is 26.6 Å². The molecule has 4 aromatic rings. The van der Waals surface area contributed by atoms with Crippen LogP contribution in [0.5, 0.6) is 0 Å². The van der Waals surface area contributed by atoms with Gasteiger partial charge in [-0.1, -0.05) is 23.5 Å². The quantitative estimate of drug-likeness (QED) is 0.282. The monoisotopic (exact) mass is 517 g/mol. The Kier molecular flexibility index (Phi) is 7.23. The fourth-order valence-electron chi connectivity index (χ4n) is 3.69. The Labute approximate surface area is 205 Å². The number of hydrogen-bond acceptors (Lipinski definition) is 6. The van der Waals surface area contributed by atoms with Crippen LogP contribution in [0.3, 0.4) is 0 Å². The van der Waals surface area contributed by atoms with E-state index in [1.807, 2.05) is 18.7 Å². The topological polar surface area (TPSA) is 63.2 Å². The summed E-state index contributed by atoms with van der Waals surface area (Å²) in [5.74, 6) is -3.59. The Bertz CT molecular complexity index is 1450. The zero-order valence-corrected chi connectivity index (χ0v) is 20.6. The van der Waals surface area contributed by atoms with Gasteiger partial charge in [-0.2, -0.15) is 0 Å². The molecule has 0 N–H and O–H groups in total. The lowest BCUT2D eigenvalue weighted by atomic mass is 10.0. The summed E-state index contributed by atoms with van der Waals surface area (Å²) in [6.07, 6.45) is 3.26. The Morgan fingerprint density at radius 3 is 2.37 bits per heavy atom. The minimum Gasteiger partial charge on any atom is -0.349 e. The predicted molar refractivity (Wildman–Crippen MR) is 132 cm³/mol. The Hall–Kier alpha value is -3.24. The third kappa shape index (κ3) is 5.08. The molecule has 5 nitrogen and oxygen atoms in total. The third-order valence-electron chi connectivity index (χ3n) is 5.50. The zero-order chi connectivity index (χ0) is 25.2. The number of hydrogen-bond donors (Lipinski definition) is 0. The number of thiazole rings is 1. The first-order valence-electron chi connectivity index (χ1n) is 10.9. The number of aromatic nitrogens is 2. The lowest BCUT2D eigenvalue weighted by Gasteiger charge is -2.16. The second-order valence-electron chi connectivity index (χ2n) is 7.69. The van der Waals surface area contributed by atoms with Crippen molar-refractivity contribution >= 4 is 26.3 Å². The number of benzene rings is 2. The normalized spacial score (nSPS) is 11.6. The van der Waals surface area contributed by atoms with Gasteiger partial charge in [-0.15, -0.1) is 0 Å². The van der Waals surface area contributed by atoms with Gasteiger partial charge in [-0.3, -0.25) is 4.98 Å². The zero-order valence-electron chi connectivity index (χ0n) is 19.0. The summed E-state index contributed by atoms with van der Waals surface area (Å²) in [5, 5.41) is 0.705. The van der Waals surface area contributed by atoms with E-state index in [4.69, 9.17) is 4.98 Å². The van der Waals surface area contributed by atoms with Gasteiger partial charge in [-0.05, 0) is 55.8 Å². The average molecular weight is 518 g/mol. The van der Waals surface area contributed by atoms with E-state index in [2.05, 4.69) is 4.98 Å². The van der Waals surface area contributed by atoms with Crippen LogP contribution in [0, 0.1) is 17.5 Å². The lowest BCUT2D eigenvalue weighted by Crippen LogP contribution is -2.21. The Balaban J connectivity index is 1.82. The fourth-order valence-corrected chi connectivity index (χ4v) is 6.35. The van der Waals surface area contributed by atoms with Gasteiger partial charge < -0.3 is 4.90 Å². The van der Waals surface area contributed by atoms with E-state index >= 15 is 4.39 Å². The number of halogens is 3. The van der Waals surface area contributed by atoms with Crippen molar-refractivity contribution in [2.45, 2.75) is 24.5 Å². The maximum atomic E-state index is 15.8. The maximum Gasteiger partial charge on any atom is 0.186 e. The van der Waals surface area contributed by atoms with Crippen molar-refractivity contribution < 1.29 is 21.6 Å². The average Bonchev–Trinajstić information content (AvgIpc) is 3.28. The molecule has 0 atom stereocenters.